The molecule has 230 valence electrons. The number of carbonyl (C=O) groups excluding carboxylic acids is 1. The quantitative estimate of drug-likeness (QED) is 0.314. The molecule has 0 unspecified atom stereocenters. The number of rotatable bonds is 8. The zero-order chi connectivity index (χ0) is 30.8. The van der Waals surface area contributed by atoms with Crippen LogP contribution in [0.25, 0.3) is 11.3 Å². The number of fused-ring (bicyclic) bond motifs is 3. The second-order valence-electron chi connectivity index (χ2n) is 14.7. The zero-order valence-corrected chi connectivity index (χ0v) is 25.9. The maximum Gasteiger partial charge on any atom is 0.263 e. The van der Waals surface area contributed by atoms with Crippen LogP contribution in [0.4, 0.5) is 10.2 Å². The zero-order valence-electron chi connectivity index (χ0n) is 25.9. The molecule has 9 heteroatoms. The van der Waals surface area contributed by atoms with E-state index < -0.39 is 16.9 Å². The Morgan fingerprint density at radius 3 is 2.16 bits per heavy atom. The van der Waals surface area contributed by atoms with Gasteiger partial charge in [-0.2, -0.15) is 4.98 Å². The third-order valence-corrected chi connectivity index (χ3v) is 10.2. The molecule has 4 aliphatic rings. The molecule has 0 atom stereocenters. The minimum Gasteiger partial charge on any atom is -0.390 e. The average molecular weight is 591 g/mol. The van der Waals surface area contributed by atoms with Gasteiger partial charge < -0.3 is 14.7 Å². The predicted octanol–water partition coefficient (Wildman–Crippen LogP) is 6.35. The lowest BCUT2D eigenvalue weighted by Crippen LogP contribution is -2.55. The highest BCUT2D eigenvalue weighted by Crippen LogP contribution is 2.58. The first-order chi connectivity index (χ1) is 20.1. The van der Waals surface area contributed by atoms with Gasteiger partial charge >= 0.3 is 0 Å². The second-order valence-corrected chi connectivity index (χ2v) is 14.7. The number of alkyl halides is 1. The molecule has 0 radical (unpaired) electrons. The van der Waals surface area contributed by atoms with E-state index in [1.54, 1.807) is 20.8 Å². The molecule has 1 amide bonds. The molecule has 0 saturated heterocycles. The van der Waals surface area contributed by atoms with Crippen LogP contribution in [-0.4, -0.2) is 43.4 Å². The molecule has 0 spiro atoms. The fourth-order valence-corrected chi connectivity index (χ4v) is 7.30. The lowest BCUT2D eigenvalue weighted by molar-refractivity contribution is -0.137. The van der Waals surface area contributed by atoms with Crippen molar-refractivity contribution in [2.75, 3.05) is 11.4 Å². The van der Waals surface area contributed by atoms with Crippen molar-refractivity contribution >= 4 is 11.7 Å². The van der Waals surface area contributed by atoms with Gasteiger partial charge in [-0.1, -0.05) is 35.5 Å². The third-order valence-electron chi connectivity index (χ3n) is 10.2. The Morgan fingerprint density at radius 2 is 1.63 bits per heavy atom. The van der Waals surface area contributed by atoms with Crippen molar-refractivity contribution in [3.05, 3.63) is 59.7 Å². The van der Waals surface area contributed by atoms with Crippen LogP contribution in [-0.2, 0) is 21.5 Å². The second kappa shape index (κ2) is 10.2. The van der Waals surface area contributed by atoms with E-state index in [0.29, 0.717) is 31.0 Å². The van der Waals surface area contributed by atoms with Crippen LogP contribution in [0.2, 0.25) is 0 Å². The first-order valence-electron chi connectivity index (χ1n) is 15.5. The van der Waals surface area contributed by atoms with Crippen molar-refractivity contribution in [1.82, 2.24) is 15.1 Å². The highest BCUT2D eigenvalue weighted by Gasteiger charge is 2.54. The fraction of sp³-hybridized carbons (Fsp3) is 0.588. The molecule has 4 fully saturated rings. The number of hydrogen-bond donors (Lipinski definition) is 2. The standard InChI is InChI=1S/C34H43FN4O4/c1-30(2,35)29-37-28(38-43-29)34-16-13-33(14-17-34,15-18-34)21-39(27(40)23-19-32(5,42)20-23)26-8-6-7-25(36-26)22-9-11-24(12-10-22)31(3,4)41/h6-12,23,41-42H,13-21H2,1-5H3. The molecule has 7 rings (SSSR count). The van der Waals surface area contributed by atoms with Gasteiger partial charge in [-0.25, -0.2) is 9.37 Å². The molecule has 8 nitrogen and oxygen atoms in total. The van der Waals surface area contributed by atoms with E-state index >= 15 is 0 Å². The Bertz CT molecular complexity index is 1470. The summed E-state index contributed by atoms with van der Waals surface area (Å²) in [4.78, 5) is 25.3. The SMILES string of the molecule is CC1(O)CC(C(=O)N(CC23CCC(c4noc(C(C)(C)F)n4)(CC2)CC3)c2cccc(-c3ccc(C(C)(C)O)cc3)n2)C1. The highest BCUT2D eigenvalue weighted by atomic mass is 19.1. The summed E-state index contributed by atoms with van der Waals surface area (Å²) in [5.41, 5.74) is -1.24. The molecular formula is C34H43FN4O4. The summed E-state index contributed by atoms with van der Waals surface area (Å²) < 4.78 is 19.8. The fourth-order valence-electron chi connectivity index (χ4n) is 7.30. The van der Waals surface area contributed by atoms with Crippen molar-refractivity contribution in [2.45, 2.75) is 108 Å². The van der Waals surface area contributed by atoms with Crippen molar-refractivity contribution in [2.24, 2.45) is 11.3 Å². The van der Waals surface area contributed by atoms with Crippen molar-refractivity contribution in [3.63, 3.8) is 0 Å². The molecule has 2 bridgehead atoms. The number of aliphatic hydroxyl groups is 2. The van der Waals surface area contributed by atoms with Gasteiger partial charge in [0, 0.05) is 23.4 Å². The van der Waals surface area contributed by atoms with Gasteiger partial charge in [-0.15, -0.1) is 0 Å². The van der Waals surface area contributed by atoms with Gasteiger partial charge in [-0.3, -0.25) is 9.69 Å². The van der Waals surface area contributed by atoms with Crippen LogP contribution >= 0.6 is 0 Å². The number of pyridine rings is 1. The summed E-state index contributed by atoms with van der Waals surface area (Å²) in [6, 6.07) is 13.5. The van der Waals surface area contributed by atoms with Gasteiger partial charge in [0.2, 0.25) is 5.91 Å². The van der Waals surface area contributed by atoms with Gasteiger partial charge in [0.15, 0.2) is 11.5 Å². The van der Waals surface area contributed by atoms with E-state index in [-0.39, 0.29) is 28.5 Å². The molecule has 4 aliphatic carbocycles. The highest BCUT2D eigenvalue weighted by molar-refractivity contribution is 5.95. The van der Waals surface area contributed by atoms with Crippen molar-refractivity contribution < 1.29 is 23.9 Å². The molecular weight excluding hydrogens is 547 g/mol. The average Bonchev–Trinajstić information content (AvgIpc) is 3.47. The predicted molar refractivity (Wildman–Crippen MR) is 161 cm³/mol. The van der Waals surface area contributed by atoms with Crippen molar-refractivity contribution in [1.29, 1.82) is 0 Å². The van der Waals surface area contributed by atoms with Gasteiger partial charge in [0.1, 0.15) is 5.82 Å². The largest absolute Gasteiger partial charge is 0.390 e. The molecule has 2 aromatic heterocycles. The van der Waals surface area contributed by atoms with Crippen LogP contribution in [0.3, 0.4) is 0 Å². The van der Waals surface area contributed by atoms with E-state index in [0.717, 1.165) is 55.3 Å². The van der Waals surface area contributed by atoms with Gasteiger partial charge in [0.25, 0.3) is 5.89 Å². The number of hydrogen-bond acceptors (Lipinski definition) is 7. The van der Waals surface area contributed by atoms with Crippen LogP contribution < -0.4 is 4.90 Å². The Morgan fingerprint density at radius 1 is 1.00 bits per heavy atom. The molecule has 1 aromatic carbocycles. The van der Waals surface area contributed by atoms with E-state index in [9.17, 15) is 19.4 Å². The van der Waals surface area contributed by atoms with Gasteiger partial charge in [-0.05, 0) is 109 Å². The molecule has 4 saturated carbocycles. The first kappa shape index (κ1) is 29.9. The monoisotopic (exact) mass is 590 g/mol. The smallest absolute Gasteiger partial charge is 0.263 e. The molecule has 43 heavy (non-hydrogen) atoms. The molecule has 3 aromatic rings. The van der Waals surface area contributed by atoms with E-state index in [1.807, 2.05) is 47.4 Å². The summed E-state index contributed by atoms with van der Waals surface area (Å²) >= 11 is 0. The molecule has 2 heterocycles. The number of carbonyl (C=O) groups is 1. The Hall–Kier alpha value is -3.17. The first-order valence-corrected chi connectivity index (χ1v) is 15.5. The van der Waals surface area contributed by atoms with Crippen molar-refractivity contribution in [3.8, 4) is 11.3 Å². The van der Waals surface area contributed by atoms with Crippen LogP contribution in [0, 0.1) is 11.3 Å². The third kappa shape index (κ3) is 5.74. The van der Waals surface area contributed by atoms with Gasteiger partial charge in [0.05, 0.1) is 16.9 Å². The number of nitrogens with zero attached hydrogens (tertiary/aromatic N) is 4. The maximum absolute atomic E-state index is 14.5. The van der Waals surface area contributed by atoms with Crippen LogP contribution in [0.5, 0.6) is 0 Å². The minimum absolute atomic E-state index is 0.0123. The van der Waals surface area contributed by atoms with E-state index in [2.05, 4.69) is 10.1 Å². The summed E-state index contributed by atoms with van der Waals surface area (Å²) in [7, 11) is 0. The number of anilines is 1. The topological polar surface area (TPSA) is 113 Å². The molecule has 2 N–H and O–H groups in total. The summed E-state index contributed by atoms with van der Waals surface area (Å²) in [6.07, 6.45) is 6.18. The minimum atomic E-state index is -1.68. The molecule has 0 aliphatic heterocycles. The lowest BCUT2D eigenvalue weighted by Gasteiger charge is -2.53. The normalized spacial score (nSPS) is 28.9. The Kier molecular flexibility index (Phi) is 7.08. The Balaban J connectivity index is 1.26. The lowest BCUT2D eigenvalue weighted by atomic mass is 9.53. The summed E-state index contributed by atoms with van der Waals surface area (Å²) in [5, 5.41) is 25.0. The Labute approximate surface area is 252 Å². The van der Waals surface area contributed by atoms with Crippen LogP contribution in [0.15, 0.2) is 47.0 Å². The number of aromatic nitrogens is 3. The summed E-state index contributed by atoms with van der Waals surface area (Å²) in [5.74, 6) is 1.02. The summed E-state index contributed by atoms with van der Waals surface area (Å²) in [6.45, 7) is 8.71. The van der Waals surface area contributed by atoms with Crippen LogP contribution in [0.1, 0.15) is 103 Å². The maximum atomic E-state index is 14.5. The number of amides is 1. The number of halogens is 1. The van der Waals surface area contributed by atoms with E-state index in [1.165, 1.54) is 13.8 Å². The number of benzene rings is 1. The van der Waals surface area contributed by atoms with E-state index in [4.69, 9.17) is 9.51 Å².